The van der Waals surface area contributed by atoms with E-state index in [0.29, 0.717) is 37.2 Å². The number of ether oxygens (including phenoxy) is 2. The normalized spacial score (nSPS) is 11.7. The van der Waals surface area contributed by atoms with Crippen molar-refractivity contribution in [2.75, 3.05) is 40.5 Å². The molecule has 0 aliphatic rings. The van der Waals surface area contributed by atoms with Crippen molar-refractivity contribution in [2.24, 2.45) is 0 Å². The second-order valence-electron chi connectivity index (χ2n) is 6.82. The Morgan fingerprint density at radius 1 is 0.933 bits per heavy atom. The third kappa shape index (κ3) is 4.72. The SMILES string of the molecule is COCCN(CCOC)C(=O)Cn1cc(S(=O)(=O)c2ccccc2)c2ccccc21. The van der Waals surface area contributed by atoms with E-state index < -0.39 is 9.84 Å². The standard InChI is InChI=1S/C22H26N2O5S/c1-28-14-12-23(13-15-29-2)22(25)17-24-16-21(19-10-6-7-11-20(19)24)30(26,27)18-8-4-3-5-9-18/h3-11,16H,12-15,17H2,1-2H3. The molecule has 1 aromatic heterocycles. The average Bonchev–Trinajstić information content (AvgIpc) is 3.13. The fourth-order valence-electron chi connectivity index (χ4n) is 3.29. The highest BCUT2D eigenvalue weighted by Crippen LogP contribution is 2.30. The van der Waals surface area contributed by atoms with E-state index in [1.165, 1.54) is 0 Å². The van der Waals surface area contributed by atoms with Gasteiger partial charge in [0, 0.05) is 44.4 Å². The van der Waals surface area contributed by atoms with Gasteiger partial charge in [-0.25, -0.2) is 8.42 Å². The number of carbonyl (C=O) groups is 1. The Labute approximate surface area is 176 Å². The molecule has 8 heteroatoms. The molecule has 0 aliphatic heterocycles. The van der Waals surface area contributed by atoms with Gasteiger partial charge in [0.25, 0.3) is 0 Å². The predicted molar refractivity (Wildman–Crippen MR) is 114 cm³/mol. The summed E-state index contributed by atoms with van der Waals surface area (Å²) in [6.45, 7) is 1.73. The molecule has 0 saturated heterocycles. The van der Waals surface area contributed by atoms with Crippen LogP contribution in [0.5, 0.6) is 0 Å². The molecule has 30 heavy (non-hydrogen) atoms. The molecule has 7 nitrogen and oxygen atoms in total. The van der Waals surface area contributed by atoms with E-state index in [1.54, 1.807) is 72.3 Å². The summed E-state index contributed by atoms with van der Waals surface area (Å²) in [5.41, 5.74) is 0.693. The van der Waals surface area contributed by atoms with E-state index in [1.807, 2.05) is 12.1 Å². The number of fused-ring (bicyclic) bond motifs is 1. The van der Waals surface area contributed by atoms with Crippen molar-refractivity contribution in [2.45, 2.75) is 16.3 Å². The topological polar surface area (TPSA) is 77.8 Å². The minimum Gasteiger partial charge on any atom is -0.383 e. The van der Waals surface area contributed by atoms with Crippen molar-refractivity contribution in [1.82, 2.24) is 9.47 Å². The Morgan fingerprint density at radius 2 is 1.53 bits per heavy atom. The Bertz CT molecular complexity index is 1090. The summed E-state index contributed by atoms with van der Waals surface area (Å²) in [7, 11) is -0.550. The van der Waals surface area contributed by atoms with Gasteiger partial charge in [0.1, 0.15) is 6.54 Å². The lowest BCUT2D eigenvalue weighted by Crippen LogP contribution is -2.38. The van der Waals surface area contributed by atoms with Crippen LogP contribution in [0.3, 0.4) is 0 Å². The first-order chi connectivity index (χ1) is 14.5. The number of methoxy groups -OCH3 is 2. The second kappa shape index (κ2) is 9.88. The van der Waals surface area contributed by atoms with Crippen LogP contribution < -0.4 is 0 Å². The number of hydrogen-bond acceptors (Lipinski definition) is 5. The van der Waals surface area contributed by atoms with Gasteiger partial charge in [0.2, 0.25) is 15.7 Å². The van der Waals surface area contributed by atoms with Gasteiger partial charge in [0.15, 0.2) is 0 Å². The van der Waals surface area contributed by atoms with Gasteiger partial charge in [-0.15, -0.1) is 0 Å². The van der Waals surface area contributed by atoms with Crippen LogP contribution in [-0.2, 0) is 30.7 Å². The number of aromatic nitrogens is 1. The van der Waals surface area contributed by atoms with E-state index in [-0.39, 0.29) is 22.2 Å². The minimum atomic E-state index is -3.71. The number of para-hydroxylation sites is 1. The van der Waals surface area contributed by atoms with E-state index in [2.05, 4.69) is 0 Å². The lowest BCUT2D eigenvalue weighted by Gasteiger charge is -2.22. The summed E-state index contributed by atoms with van der Waals surface area (Å²) in [6, 6.07) is 15.5. The molecule has 0 fully saturated rings. The molecule has 160 valence electrons. The molecule has 3 aromatic rings. The van der Waals surface area contributed by atoms with Crippen molar-refractivity contribution in [1.29, 1.82) is 0 Å². The van der Waals surface area contributed by atoms with Crippen molar-refractivity contribution < 1.29 is 22.7 Å². The first-order valence-corrected chi connectivity index (χ1v) is 11.1. The number of sulfone groups is 1. The van der Waals surface area contributed by atoms with Crippen molar-refractivity contribution >= 4 is 26.6 Å². The van der Waals surface area contributed by atoms with Gasteiger partial charge in [-0.2, -0.15) is 0 Å². The molecule has 0 atom stereocenters. The summed E-state index contributed by atoms with van der Waals surface area (Å²) >= 11 is 0. The second-order valence-corrected chi connectivity index (χ2v) is 8.74. The number of carbonyl (C=O) groups excluding carboxylic acids is 1. The number of benzene rings is 2. The fourth-order valence-corrected chi connectivity index (χ4v) is 4.79. The summed E-state index contributed by atoms with van der Waals surface area (Å²) in [4.78, 5) is 15.0. The first kappa shape index (κ1) is 22.0. The maximum atomic E-state index is 13.2. The molecule has 0 spiro atoms. The zero-order valence-electron chi connectivity index (χ0n) is 17.2. The number of rotatable bonds is 10. The number of hydrogen-bond donors (Lipinski definition) is 0. The van der Waals surface area contributed by atoms with Crippen LogP contribution in [0.25, 0.3) is 10.9 Å². The molecule has 0 N–H and O–H groups in total. The quantitative estimate of drug-likeness (QED) is 0.494. The van der Waals surface area contributed by atoms with Gasteiger partial charge >= 0.3 is 0 Å². The van der Waals surface area contributed by atoms with E-state index in [4.69, 9.17) is 9.47 Å². The Hall–Kier alpha value is -2.68. The minimum absolute atomic E-state index is 0.0260. The lowest BCUT2D eigenvalue weighted by atomic mass is 10.2. The van der Waals surface area contributed by atoms with Crippen molar-refractivity contribution in [3.05, 3.63) is 60.8 Å². The predicted octanol–water partition coefficient (Wildman–Crippen LogP) is 2.60. The maximum absolute atomic E-state index is 13.2. The van der Waals surface area contributed by atoms with Crippen molar-refractivity contribution in [3.8, 4) is 0 Å². The van der Waals surface area contributed by atoms with Crippen LogP contribution in [0.1, 0.15) is 0 Å². The molecule has 0 saturated carbocycles. The number of amides is 1. The van der Waals surface area contributed by atoms with Crippen LogP contribution in [0.2, 0.25) is 0 Å². The zero-order valence-corrected chi connectivity index (χ0v) is 18.0. The maximum Gasteiger partial charge on any atom is 0.242 e. The van der Waals surface area contributed by atoms with E-state index in [0.717, 1.165) is 0 Å². The Morgan fingerprint density at radius 3 is 2.17 bits per heavy atom. The molecule has 1 amide bonds. The average molecular weight is 431 g/mol. The van der Waals surface area contributed by atoms with Crippen LogP contribution in [0, 0.1) is 0 Å². The number of nitrogens with zero attached hydrogens (tertiary/aromatic N) is 2. The molecule has 1 heterocycles. The molecular formula is C22H26N2O5S. The first-order valence-electron chi connectivity index (χ1n) is 9.62. The van der Waals surface area contributed by atoms with Gasteiger partial charge in [0.05, 0.1) is 23.0 Å². The van der Waals surface area contributed by atoms with Crippen LogP contribution in [0.15, 0.2) is 70.6 Å². The Kier molecular flexibility index (Phi) is 7.25. The molecule has 0 radical (unpaired) electrons. The Balaban J connectivity index is 1.97. The van der Waals surface area contributed by atoms with Gasteiger partial charge in [-0.1, -0.05) is 36.4 Å². The third-order valence-electron chi connectivity index (χ3n) is 4.88. The van der Waals surface area contributed by atoms with Crippen molar-refractivity contribution in [3.63, 3.8) is 0 Å². The lowest BCUT2D eigenvalue weighted by molar-refractivity contribution is -0.133. The largest absolute Gasteiger partial charge is 0.383 e. The smallest absolute Gasteiger partial charge is 0.242 e. The monoisotopic (exact) mass is 430 g/mol. The van der Waals surface area contributed by atoms with E-state index in [9.17, 15) is 13.2 Å². The fraction of sp³-hybridized carbons (Fsp3) is 0.318. The highest BCUT2D eigenvalue weighted by Gasteiger charge is 2.24. The molecule has 0 unspecified atom stereocenters. The van der Waals surface area contributed by atoms with Crippen LogP contribution in [0.4, 0.5) is 0 Å². The van der Waals surface area contributed by atoms with Crippen LogP contribution in [-0.4, -0.2) is 64.3 Å². The summed E-state index contributed by atoms with van der Waals surface area (Å²) < 4.78 is 38.3. The highest BCUT2D eigenvalue weighted by atomic mass is 32.2. The molecule has 2 aromatic carbocycles. The third-order valence-corrected chi connectivity index (χ3v) is 6.68. The van der Waals surface area contributed by atoms with Gasteiger partial charge < -0.3 is 18.9 Å². The molecular weight excluding hydrogens is 404 g/mol. The highest BCUT2D eigenvalue weighted by molar-refractivity contribution is 7.91. The van der Waals surface area contributed by atoms with Crippen LogP contribution >= 0.6 is 0 Å². The summed E-state index contributed by atoms with van der Waals surface area (Å²) in [5.74, 6) is -0.131. The molecule has 0 bridgehead atoms. The summed E-state index contributed by atoms with van der Waals surface area (Å²) in [5, 5.41) is 0.592. The van der Waals surface area contributed by atoms with Gasteiger partial charge in [-0.3, -0.25) is 4.79 Å². The molecule has 0 aliphatic carbocycles. The summed E-state index contributed by atoms with van der Waals surface area (Å²) in [6.07, 6.45) is 1.55. The van der Waals surface area contributed by atoms with Gasteiger partial charge in [-0.05, 0) is 18.2 Å². The zero-order chi connectivity index (χ0) is 21.6. The molecule has 3 rings (SSSR count). The van der Waals surface area contributed by atoms with E-state index >= 15 is 0 Å².